The molecule has 1 aliphatic rings. The number of hydrogen-bond donors (Lipinski definition) is 1. The predicted molar refractivity (Wildman–Crippen MR) is 74.3 cm³/mol. The summed E-state index contributed by atoms with van der Waals surface area (Å²) in [6, 6.07) is 7.78. The Morgan fingerprint density at radius 2 is 2.22 bits per heavy atom. The molecule has 0 unspecified atom stereocenters. The second kappa shape index (κ2) is 6.34. The standard InChI is InChI=1S/C15H20N2O/c1-2-3-9-14(18)12-7-4-5-8-13(12)15-16-10-6-11-17-15/h4-5,7-8H,2-3,6,9-11H2,1H3,(H,16,17). The molecule has 1 aromatic carbocycles. The average molecular weight is 244 g/mol. The van der Waals surface area contributed by atoms with Gasteiger partial charge in [0, 0.05) is 30.6 Å². The minimum atomic E-state index is 0.225. The highest BCUT2D eigenvalue weighted by molar-refractivity contribution is 6.10. The third kappa shape index (κ3) is 2.97. The first-order chi connectivity index (χ1) is 8.83. The molecule has 0 bridgehead atoms. The molecule has 0 aliphatic carbocycles. The van der Waals surface area contributed by atoms with Crippen LogP contribution in [0.25, 0.3) is 0 Å². The third-order valence-corrected chi connectivity index (χ3v) is 3.14. The third-order valence-electron chi connectivity index (χ3n) is 3.14. The van der Waals surface area contributed by atoms with E-state index < -0.39 is 0 Å². The van der Waals surface area contributed by atoms with Crippen LogP contribution < -0.4 is 5.32 Å². The quantitative estimate of drug-likeness (QED) is 0.809. The van der Waals surface area contributed by atoms with Gasteiger partial charge in [-0.1, -0.05) is 37.6 Å². The summed E-state index contributed by atoms with van der Waals surface area (Å²) in [5.41, 5.74) is 1.76. The van der Waals surface area contributed by atoms with E-state index in [1.54, 1.807) is 0 Å². The first-order valence-electron chi connectivity index (χ1n) is 6.74. The zero-order chi connectivity index (χ0) is 12.8. The van der Waals surface area contributed by atoms with E-state index in [1.807, 2.05) is 24.3 Å². The molecule has 1 aliphatic heterocycles. The molecule has 0 fully saturated rings. The number of hydrogen-bond acceptors (Lipinski definition) is 3. The van der Waals surface area contributed by atoms with Gasteiger partial charge >= 0.3 is 0 Å². The van der Waals surface area contributed by atoms with Gasteiger partial charge in [-0.05, 0) is 12.8 Å². The van der Waals surface area contributed by atoms with Crippen molar-refractivity contribution in [2.24, 2.45) is 4.99 Å². The van der Waals surface area contributed by atoms with E-state index in [4.69, 9.17) is 0 Å². The molecule has 1 N–H and O–H groups in total. The summed E-state index contributed by atoms with van der Waals surface area (Å²) < 4.78 is 0. The van der Waals surface area contributed by atoms with Crippen molar-refractivity contribution in [1.29, 1.82) is 0 Å². The van der Waals surface area contributed by atoms with Crippen molar-refractivity contribution < 1.29 is 4.79 Å². The summed E-state index contributed by atoms with van der Waals surface area (Å²) in [5, 5.41) is 3.28. The molecular formula is C15H20N2O. The molecule has 0 saturated heterocycles. The van der Waals surface area contributed by atoms with Crippen LogP contribution in [0.4, 0.5) is 0 Å². The molecule has 96 valence electrons. The molecule has 1 aromatic rings. The number of nitrogens with zero attached hydrogens (tertiary/aromatic N) is 1. The van der Waals surface area contributed by atoms with Gasteiger partial charge < -0.3 is 5.32 Å². The zero-order valence-corrected chi connectivity index (χ0v) is 10.9. The van der Waals surface area contributed by atoms with E-state index in [0.717, 1.165) is 49.3 Å². The molecule has 0 saturated carbocycles. The summed E-state index contributed by atoms with van der Waals surface area (Å²) in [7, 11) is 0. The van der Waals surface area contributed by atoms with Crippen LogP contribution in [0.15, 0.2) is 29.3 Å². The fourth-order valence-electron chi connectivity index (χ4n) is 2.12. The maximum Gasteiger partial charge on any atom is 0.163 e. The Kier molecular flexibility index (Phi) is 4.51. The van der Waals surface area contributed by atoms with E-state index in [9.17, 15) is 4.79 Å². The van der Waals surface area contributed by atoms with Gasteiger partial charge in [0.15, 0.2) is 5.78 Å². The second-order valence-corrected chi connectivity index (χ2v) is 4.58. The van der Waals surface area contributed by atoms with Crippen LogP contribution in [-0.4, -0.2) is 24.7 Å². The summed E-state index contributed by atoms with van der Waals surface area (Å²) in [4.78, 5) is 16.7. The fourth-order valence-corrected chi connectivity index (χ4v) is 2.12. The van der Waals surface area contributed by atoms with Crippen molar-refractivity contribution in [2.75, 3.05) is 13.1 Å². The highest BCUT2D eigenvalue weighted by Gasteiger charge is 2.15. The van der Waals surface area contributed by atoms with Crippen molar-refractivity contribution in [2.45, 2.75) is 32.6 Å². The molecule has 3 nitrogen and oxygen atoms in total. The van der Waals surface area contributed by atoms with E-state index >= 15 is 0 Å². The highest BCUT2D eigenvalue weighted by Crippen LogP contribution is 2.14. The number of Topliss-reactive ketones (excluding diaryl/α,β-unsaturated/α-hetero) is 1. The minimum Gasteiger partial charge on any atom is -0.370 e. The second-order valence-electron chi connectivity index (χ2n) is 4.58. The summed E-state index contributed by atoms with van der Waals surface area (Å²) >= 11 is 0. The molecule has 0 radical (unpaired) electrons. The van der Waals surface area contributed by atoms with Gasteiger partial charge in [-0.2, -0.15) is 0 Å². The van der Waals surface area contributed by atoms with Crippen LogP contribution in [0.1, 0.15) is 48.5 Å². The summed E-state index contributed by atoms with van der Waals surface area (Å²) in [6.45, 7) is 3.89. The lowest BCUT2D eigenvalue weighted by molar-refractivity contribution is 0.0979. The predicted octanol–water partition coefficient (Wildman–Crippen LogP) is 2.80. The molecule has 18 heavy (non-hydrogen) atoms. The van der Waals surface area contributed by atoms with Gasteiger partial charge in [0.25, 0.3) is 0 Å². The van der Waals surface area contributed by atoms with Gasteiger partial charge in [0.05, 0.1) is 0 Å². The number of unbranched alkanes of at least 4 members (excludes halogenated alkanes) is 1. The number of benzene rings is 1. The van der Waals surface area contributed by atoms with Gasteiger partial charge in [-0.15, -0.1) is 0 Å². The van der Waals surface area contributed by atoms with E-state index in [0.29, 0.717) is 6.42 Å². The minimum absolute atomic E-state index is 0.225. The Morgan fingerprint density at radius 1 is 1.39 bits per heavy atom. The lowest BCUT2D eigenvalue weighted by atomic mass is 9.99. The summed E-state index contributed by atoms with van der Waals surface area (Å²) in [6.07, 6.45) is 3.69. The monoisotopic (exact) mass is 244 g/mol. The number of nitrogens with one attached hydrogen (secondary N) is 1. The Morgan fingerprint density at radius 3 is 2.94 bits per heavy atom. The Balaban J connectivity index is 2.24. The van der Waals surface area contributed by atoms with Crippen molar-refractivity contribution in [3.8, 4) is 0 Å². The molecule has 2 rings (SSSR count). The van der Waals surface area contributed by atoms with Crippen molar-refractivity contribution in [3.05, 3.63) is 35.4 Å². The Labute approximate surface area is 108 Å². The molecule has 0 aromatic heterocycles. The number of aliphatic imine (C=N–C) groups is 1. The smallest absolute Gasteiger partial charge is 0.163 e. The average Bonchev–Trinajstić information content (AvgIpc) is 2.45. The number of rotatable bonds is 5. The normalized spacial score (nSPS) is 14.8. The van der Waals surface area contributed by atoms with E-state index in [1.165, 1.54) is 0 Å². The molecule has 0 amide bonds. The van der Waals surface area contributed by atoms with Gasteiger partial charge in [-0.3, -0.25) is 9.79 Å². The van der Waals surface area contributed by atoms with Crippen molar-refractivity contribution in [3.63, 3.8) is 0 Å². The van der Waals surface area contributed by atoms with Crippen molar-refractivity contribution in [1.82, 2.24) is 5.32 Å². The van der Waals surface area contributed by atoms with E-state index in [2.05, 4.69) is 17.2 Å². The maximum absolute atomic E-state index is 12.2. The van der Waals surface area contributed by atoms with Crippen LogP contribution >= 0.6 is 0 Å². The fraction of sp³-hybridized carbons (Fsp3) is 0.467. The van der Waals surface area contributed by atoms with Crippen LogP contribution in [0.5, 0.6) is 0 Å². The SMILES string of the molecule is CCCCC(=O)c1ccccc1C1=NCCCN1. The number of carbonyl (C=O) groups excluding carboxylic acids is 1. The van der Waals surface area contributed by atoms with Gasteiger partial charge in [0.1, 0.15) is 5.84 Å². The maximum atomic E-state index is 12.2. The molecule has 0 spiro atoms. The first kappa shape index (κ1) is 12.8. The lowest BCUT2D eigenvalue weighted by Gasteiger charge is -2.17. The zero-order valence-electron chi connectivity index (χ0n) is 10.9. The lowest BCUT2D eigenvalue weighted by Crippen LogP contribution is -2.31. The Hall–Kier alpha value is -1.64. The van der Waals surface area contributed by atoms with Crippen LogP contribution in [-0.2, 0) is 0 Å². The van der Waals surface area contributed by atoms with Crippen molar-refractivity contribution >= 4 is 11.6 Å². The number of amidine groups is 1. The molecule has 3 heteroatoms. The van der Waals surface area contributed by atoms with Gasteiger partial charge in [-0.25, -0.2) is 0 Å². The largest absolute Gasteiger partial charge is 0.370 e. The van der Waals surface area contributed by atoms with Crippen LogP contribution in [0, 0.1) is 0 Å². The Bertz CT molecular complexity index is 452. The topological polar surface area (TPSA) is 41.5 Å². The molecule has 1 heterocycles. The van der Waals surface area contributed by atoms with Gasteiger partial charge in [0.2, 0.25) is 0 Å². The first-order valence-corrected chi connectivity index (χ1v) is 6.74. The summed E-state index contributed by atoms with van der Waals surface area (Å²) in [5.74, 6) is 1.10. The van der Waals surface area contributed by atoms with Crippen LogP contribution in [0.3, 0.4) is 0 Å². The van der Waals surface area contributed by atoms with Crippen LogP contribution in [0.2, 0.25) is 0 Å². The van der Waals surface area contributed by atoms with E-state index in [-0.39, 0.29) is 5.78 Å². The highest BCUT2D eigenvalue weighted by atomic mass is 16.1. The number of carbonyl (C=O) groups is 1. The number of ketones is 1. The molecule has 0 atom stereocenters. The molecular weight excluding hydrogens is 224 g/mol.